The molecule has 1 heterocycles. The zero-order chi connectivity index (χ0) is 25.8. The number of carbonyl (C=O) groups excluding carboxylic acids is 2. The van der Waals surface area contributed by atoms with Crippen LogP contribution >= 0.6 is 7.52 Å². The number of nitrogens with zero attached hydrogens (tertiary/aromatic N) is 1. The summed E-state index contributed by atoms with van der Waals surface area (Å²) < 4.78 is 24.5. The first-order valence-corrected chi connectivity index (χ1v) is 14.2. The maximum Gasteiger partial charge on any atom is 0.326 e. The highest BCUT2D eigenvalue weighted by Crippen LogP contribution is 2.45. The Morgan fingerprint density at radius 2 is 1.88 bits per heavy atom. The Labute approximate surface area is 203 Å². The van der Waals surface area contributed by atoms with Gasteiger partial charge in [-0.2, -0.15) is 0 Å². The third kappa shape index (κ3) is 10.4. The molecule has 0 saturated carbocycles. The lowest BCUT2D eigenvalue weighted by Gasteiger charge is -2.30. The Morgan fingerprint density at radius 3 is 2.47 bits per heavy atom. The third-order valence-electron chi connectivity index (χ3n) is 5.79. The summed E-state index contributed by atoms with van der Waals surface area (Å²) in [6.07, 6.45) is 6.28. The first kappa shape index (κ1) is 30.6. The summed E-state index contributed by atoms with van der Waals surface area (Å²) in [5.74, 6) is -1.92. The largest absolute Gasteiger partial charge is 0.480 e. The van der Waals surface area contributed by atoms with Crippen molar-refractivity contribution in [3.05, 3.63) is 0 Å². The van der Waals surface area contributed by atoms with Gasteiger partial charge in [-0.3, -0.25) is 18.7 Å². The van der Waals surface area contributed by atoms with Crippen LogP contribution in [0.4, 0.5) is 0 Å². The monoisotopic (exact) mass is 505 g/mol. The molecule has 1 amide bonds. The zero-order valence-corrected chi connectivity index (χ0v) is 22.1. The van der Waals surface area contributed by atoms with E-state index in [0.717, 1.165) is 19.3 Å². The maximum atomic E-state index is 13.7. The number of hydrogen-bond acceptors (Lipinski definition) is 7. The number of carboxylic acids is 1. The normalized spacial score (nSPS) is 19.0. The van der Waals surface area contributed by atoms with Crippen LogP contribution < -0.4 is 10.8 Å². The second-order valence-electron chi connectivity index (χ2n) is 9.88. The van der Waals surface area contributed by atoms with E-state index in [0.29, 0.717) is 51.6 Å². The molecular weight excluding hydrogens is 461 g/mol. The Kier molecular flexibility index (Phi) is 13.3. The first-order valence-electron chi connectivity index (χ1n) is 12.4. The molecule has 34 heavy (non-hydrogen) atoms. The summed E-state index contributed by atoms with van der Waals surface area (Å²) >= 11 is 0. The van der Waals surface area contributed by atoms with E-state index in [1.165, 1.54) is 4.90 Å². The van der Waals surface area contributed by atoms with Gasteiger partial charge in [0, 0.05) is 12.7 Å². The van der Waals surface area contributed by atoms with E-state index in [1.807, 2.05) is 0 Å². The molecule has 0 aromatic heterocycles. The number of aliphatic carboxylic acids is 1. The molecule has 1 fully saturated rings. The summed E-state index contributed by atoms with van der Waals surface area (Å²) in [6.45, 7) is 7.50. The predicted octanol–water partition coefficient (Wildman–Crippen LogP) is 3.49. The number of carbonyl (C=O) groups is 3. The molecule has 1 aliphatic heterocycles. The number of nitrogens with two attached hydrogens (primary N) is 1. The molecule has 11 heteroatoms. The van der Waals surface area contributed by atoms with Crippen molar-refractivity contribution in [2.24, 2.45) is 11.1 Å². The standard InChI is InChI=1S/C23H44N3O7P/c1-5-6-7-10-16-34(31,33-17-32-22(30)23(2,3)4)25-18(12-8-9-14-24)20(27)26-15-11-13-19(26)21(28)29/h18-19H,5-17,24H2,1-4H3,(H,25,31)(H,28,29)/t18-,19-,34?/m0/s1. The van der Waals surface area contributed by atoms with Gasteiger partial charge in [0.15, 0.2) is 6.79 Å². The first-order chi connectivity index (χ1) is 15.9. The van der Waals surface area contributed by atoms with Gasteiger partial charge >= 0.3 is 11.9 Å². The second-order valence-corrected chi connectivity index (χ2v) is 12.2. The molecule has 1 rings (SSSR count). The highest BCUT2D eigenvalue weighted by molar-refractivity contribution is 7.56. The molecule has 1 unspecified atom stereocenters. The van der Waals surface area contributed by atoms with Crippen LogP contribution in [-0.2, 0) is 28.2 Å². The molecule has 0 aromatic carbocycles. The van der Waals surface area contributed by atoms with E-state index in [-0.39, 0.29) is 6.16 Å². The van der Waals surface area contributed by atoms with Gasteiger partial charge in [0.1, 0.15) is 6.04 Å². The van der Waals surface area contributed by atoms with Crippen molar-refractivity contribution in [2.45, 2.75) is 97.6 Å². The fourth-order valence-corrected chi connectivity index (χ4v) is 5.67. The fourth-order valence-electron chi connectivity index (χ4n) is 3.76. The number of likely N-dealkylation sites (tertiary alicyclic amines) is 1. The molecule has 0 aliphatic carbocycles. The van der Waals surface area contributed by atoms with Crippen LogP contribution in [0.2, 0.25) is 0 Å². The Morgan fingerprint density at radius 1 is 1.18 bits per heavy atom. The summed E-state index contributed by atoms with van der Waals surface area (Å²) in [5, 5.41) is 12.4. The van der Waals surface area contributed by atoms with Crippen molar-refractivity contribution in [2.75, 3.05) is 26.0 Å². The number of nitrogens with one attached hydrogen (secondary N) is 1. The molecule has 1 aliphatic rings. The quantitative estimate of drug-likeness (QED) is 0.124. The topological polar surface area (TPSA) is 148 Å². The van der Waals surface area contributed by atoms with Crippen molar-refractivity contribution in [3.8, 4) is 0 Å². The summed E-state index contributed by atoms with van der Waals surface area (Å²) in [7, 11) is -3.56. The van der Waals surface area contributed by atoms with Crippen molar-refractivity contribution in [3.63, 3.8) is 0 Å². The van der Waals surface area contributed by atoms with E-state index in [4.69, 9.17) is 15.0 Å². The van der Waals surface area contributed by atoms with Gasteiger partial charge in [-0.1, -0.05) is 32.6 Å². The van der Waals surface area contributed by atoms with Gasteiger partial charge < -0.3 is 20.5 Å². The number of unbranched alkanes of at least 4 members (excludes halogenated alkanes) is 4. The number of hydrogen-bond donors (Lipinski definition) is 3. The summed E-state index contributed by atoms with van der Waals surface area (Å²) in [4.78, 5) is 38.4. The molecule has 0 bridgehead atoms. The minimum Gasteiger partial charge on any atom is -0.480 e. The van der Waals surface area contributed by atoms with Gasteiger partial charge in [0.05, 0.1) is 11.5 Å². The van der Waals surface area contributed by atoms with Crippen LogP contribution in [0.1, 0.15) is 85.5 Å². The van der Waals surface area contributed by atoms with Crippen LogP contribution in [0.5, 0.6) is 0 Å². The Bertz CT molecular complexity index is 711. The van der Waals surface area contributed by atoms with E-state index in [1.54, 1.807) is 20.8 Å². The van der Waals surface area contributed by atoms with Gasteiger partial charge in [-0.05, 0) is 59.4 Å². The highest BCUT2D eigenvalue weighted by Gasteiger charge is 2.39. The van der Waals surface area contributed by atoms with E-state index in [9.17, 15) is 24.1 Å². The molecule has 1 saturated heterocycles. The predicted molar refractivity (Wildman–Crippen MR) is 130 cm³/mol. The van der Waals surface area contributed by atoms with Crippen LogP contribution in [0.25, 0.3) is 0 Å². The minimum absolute atomic E-state index is 0.184. The number of ether oxygens (including phenoxy) is 1. The third-order valence-corrected chi connectivity index (χ3v) is 7.92. The average molecular weight is 506 g/mol. The minimum atomic E-state index is -3.56. The Balaban J connectivity index is 3.00. The van der Waals surface area contributed by atoms with Crippen molar-refractivity contribution < 1.29 is 33.3 Å². The second kappa shape index (κ2) is 14.8. The van der Waals surface area contributed by atoms with Gasteiger partial charge in [-0.15, -0.1) is 0 Å². The SMILES string of the molecule is CCCCCCP(=O)(N[C@@H](CCCCN)C(=O)N1CCC[C@H]1C(=O)O)OCOC(=O)C(C)(C)C. The zero-order valence-electron chi connectivity index (χ0n) is 21.2. The highest BCUT2D eigenvalue weighted by atomic mass is 31.2. The van der Waals surface area contributed by atoms with E-state index in [2.05, 4.69) is 12.0 Å². The van der Waals surface area contributed by atoms with Gasteiger partial charge in [0.2, 0.25) is 5.91 Å². The van der Waals surface area contributed by atoms with E-state index >= 15 is 0 Å². The van der Waals surface area contributed by atoms with Crippen LogP contribution in [-0.4, -0.2) is 66.0 Å². The molecule has 0 aromatic rings. The number of carboxylic acid groups (broad SMARTS) is 1. The van der Waals surface area contributed by atoms with Crippen LogP contribution in [0.15, 0.2) is 0 Å². The summed E-state index contributed by atoms with van der Waals surface area (Å²) in [5.41, 5.74) is 4.87. The van der Waals surface area contributed by atoms with Crippen LogP contribution in [0.3, 0.4) is 0 Å². The number of rotatable bonds is 16. The van der Waals surface area contributed by atoms with E-state index < -0.39 is 49.7 Å². The van der Waals surface area contributed by atoms with Gasteiger partial charge in [0.25, 0.3) is 7.52 Å². The molecule has 198 valence electrons. The smallest absolute Gasteiger partial charge is 0.326 e. The van der Waals surface area contributed by atoms with Gasteiger partial charge in [-0.25, -0.2) is 9.88 Å². The molecule has 0 spiro atoms. The molecule has 10 nitrogen and oxygen atoms in total. The van der Waals surface area contributed by atoms with Crippen LogP contribution in [0, 0.1) is 5.41 Å². The maximum absolute atomic E-state index is 13.7. The van der Waals surface area contributed by atoms with Crippen molar-refractivity contribution in [1.29, 1.82) is 0 Å². The fraction of sp³-hybridized carbons (Fsp3) is 0.870. The number of esters is 1. The average Bonchev–Trinajstić information content (AvgIpc) is 3.25. The lowest BCUT2D eigenvalue weighted by molar-refractivity contribution is -0.159. The molecule has 4 N–H and O–H groups in total. The molecule has 0 radical (unpaired) electrons. The lowest BCUT2D eigenvalue weighted by atomic mass is 9.98. The lowest BCUT2D eigenvalue weighted by Crippen LogP contribution is -2.49. The Hall–Kier alpha value is -1.48. The molecular formula is C23H44N3O7P. The molecule has 3 atom stereocenters. The number of amides is 1. The summed E-state index contributed by atoms with van der Waals surface area (Å²) in [6, 6.07) is -1.76. The van der Waals surface area contributed by atoms with Crippen molar-refractivity contribution in [1.82, 2.24) is 9.99 Å². The van der Waals surface area contributed by atoms with Crippen molar-refractivity contribution >= 4 is 25.4 Å².